The molecule has 10 heavy (non-hydrogen) atoms. The summed E-state index contributed by atoms with van der Waals surface area (Å²) in [4.78, 5) is 0. The fraction of sp³-hybridized carbons (Fsp3) is 0.667. The summed E-state index contributed by atoms with van der Waals surface area (Å²) in [5.74, 6) is 1.28. The van der Waals surface area contributed by atoms with E-state index in [2.05, 4.69) is 13.8 Å². The minimum atomic E-state index is 0. The molecule has 62 valence electrons. The molecule has 1 rings (SSSR count). The van der Waals surface area contributed by atoms with Gasteiger partial charge in [0.1, 0.15) is 0 Å². The molecule has 0 heterocycles. The van der Waals surface area contributed by atoms with Crippen molar-refractivity contribution in [1.29, 1.82) is 0 Å². The molecule has 0 aliphatic heterocycles. The van der Waals surface area contributed by atoms with E-state index < -0.39 is 0 Å². The fourth-order valence-electron chi connectivity index (χ4n) is 1.28. The molecule has 2 atom stereocenters. The molecule has 0 aromatic rings. The van der Waals surface area contributed by atoms with Crippen LogP contribution in [0.4, 0.5) is 0 Å². The van der Waals surface area contributed by atoms with E-state index in [1.165, 1.54) is 25.7 Å². The van der Waals surface area contributed by atoms with Crippen LogP contribution in [0.2, 0.25) is 0 Å². The zero-order chi connectivity index (χ0) is 5.98. The summed E-state index contributed by atoms with van der Waals surface area (Å²) in [7, 11) is 0. The second-order valence-corrected chi connectivity index (χ2v) is 2.80. The zero-order valence-electron chi connectivity index (χ0n) is 6.81. The standard InChI is InChI=1S/C8H14.CH3.W/c1-7-5-3-4-6-8(7)2;;/h7-8H,1-6H2;1H3;/q-2;-1;. The Bertz CT molecular complexity index is 61.1. The van der Waals surface area contributed by atoms with Crippen molar-refractivity contribution in [2.75, 3.05) is 0 Å². The van der Waals surface area contributed by atoms with E-state index in [-0.39, 0.29) is 28.5 Å². The van der Waals surface area contributed by atoms with Crippen LogP contribution < -0.4 is 0 Å². The van der Waals surface area contributed by atoms with Gasteiger partial charge in [-0.15, -0.1) is 0 Å². The third-order valence-corrected chi connectivity index (χ3v) is 2.07. The Morgan fingerprint density at radius 2 is 1.20 bits per heavy atom. The Kier molecular flexibility index (Phi) is 8.51. The minimum Gasteiger partial charge on any atom is -0.358 e. The molecule has 0 aromatic heterocycles. The summed E-state index contributed by atoms with van der Waals surface area (Å²) in [6, 6.07) is 0. The first kappa shape index (κ1) is 13.3. The SMILES string of the molecule is [CH2-]C1CCCCC1[CH2-].[CH3-].[W]. The molecule has 1 aliphatic rings. The quantitative estimate of drug-likeness (QED) is 0.604. The first-order valence-electron chi connectivity index (χ1n) is 3.47. The summed E-state index contributed by atoms with van der Waals surface area (Å²) >= 11 is 0. The number of hydrogen-bond donors (Lipinski definition) is 0. The first-order chi connectivity index (χ1) is 3.80. The van der Waals surface area contributed by atoms with E-state index in [1.54, 1.807) is 0 Å². The van der Waals surface area contributed by atoms with E-state index in [0.717, 1.165) is 0 Å². The Hall–Kier alpha value is 0.688. The molecule has 1 aliphatic carbocycles. The summed E-state index contributed by atoms with van der Waals surface area (Å²) in [5, 5.41) is 0. The second-order valence-electron chi connectivity index (χ2n) is 2.80. The van der Waals surface area contributed by atoms with Gasteiger partial charge in [0.25, 0.3) is 0 Å². The topological polar surface area (TPSA) is 0 Å². The van der Waals surface area contributed by atoms with Gasteiger partial charge in [0, 0.05) is 21.1 Å². The van der Waals surface area contributed by atoms with E-state index in [1.807, 2.05) is 0 Å². The van der Waals surface area contributed by atoms with Crippen molar-refractivity contribution in [3.8, 4) is 0 Å². The molecule has 0 aromatic carbocycles. The van der Waals surface area contributed by atoms with Crippen LogP contribution in [0.15, 0.2) is 0 Å². The maximum atomic E-state index is 4.02. The van der Waals surface area contributed by atoms with Gasteiger partial charge in [-0.1, -0.05) is 25.7 Å². The van der Waals surface area contributed by atoms with Crippen molar-refractivity contribution < 1.29 is 21.1 Å². The maximum Gasteiger partial charge on any atom is 0 e. The van der Waals surface area contributed by atoms with Crippen molar-refractivity contribution in [1.82, 2.24) is 0 Å². The molecule has 0 saturated heterocycles. The van der Waals surface area contributed by atoms with Gasteiger partial charge in [-0.2, -0.15) is 11.8 Å². The van der Waals surface area contributed by atoms with Crippen molar-refractivity contribution in [2.45, 2.75) is 25.7 Å². The Morgan fingerprint density at radius 3 is 1.40 bits per heavy atom. The van der Waals surface area contributed by atoms with Gasteiger partial charge in [-0.3, -0.25) is 0 Å². The van der Waals surface area contributed by atoms with Crippen LogP contribution in [-0.2, 0) is 21.1 Å². The average Bonchev–Trinajstić information content (AvgIpc) is 1.77. The number of hydrogen-bond acceptors (Lipinski definition) is 0. The van der Waals surface area contributed by atoms with E-state index in [9.17, 15) is 0 Å². The second kappa shape index (κ2) is 6.40. The van der Waals surface area contributed by atoms with Crippen LogP contribution in [0.25, 0.3) is 0 Å². The van der Waals surface area contributed by atoms with Crippen molar-refractivity contribution >= 4 is 0 Å². The van der Waals surface area contributed by atoms with E-state index in [4.69, 9.17) is 0 Å². The van der Waals surface area contributed by atoms with Gasteiger partial charge in [-0.25, -0.2) is 0 Å². The molecule has 0 radical (unpaired) electrons. The molecule has 0 bridgehead atoms. The summed E-state index contributed by atoms with van der Waals surface area (Å²) in [5.41, 5.74) is 0. The molecular weight excluding hydrogens is 292 g/mol. The van der Waals surface area contributed by atoms with Gasteiger partial charge < -0.3 is 21.3 Å². The van der Waals surface area contributed by atoms with Crippen molar-refractivity contribution in [2.24, 2.45) is 11.8 Å². The third kappa shape index (κ3) is 3.76. The first-order valence-corrected chi connectivity index (χ1v) is 3.47. The van der Waals surface area contributed by atoms with Crippen LogP contribution in [-0.4, -0.2) is 0 Å². The van der Waals surface area contributed by atoms with Gasteiger partial charge in [0.15, 0.2) is 0 Å². The van der Waals surface area contributed by atoms with Gasteiger partial charge in [-0.05, 0) is 0 Å². The van der Waals surface area contributed by atoms with Crippen molar-refractivity contribution in [3.05, 3.63) is 21.3 Å². The molecule has 1 heteroatoms. The van der Waals surface area contributed by atoms with Crippen LogP contribution in [0, 0.1) is 33.1 Å². The van der Waals surface area contributed by atoms with Gasteiger partial charge in [0.05, 0.1) is 0 Å². The van der Waals surface area contributed by atoms with E-state index >= 15 is 0 Å². The smallest absolute Gasteiger partial charge is 0 e. The number of rotatable bonds is 0. The van der Waals surface area contributed by atoms with Crippen LogP contribution in [0.3, 0.4) is 0 Å². The zero-order valence-corrected chi connectivity index (χ0v) is 9.74. The Morgan fingerprint density at radius 1 is 0.900 bits per heavy atom. The van der Waals surface area contributed by atoms with E-state index in [0.29, 0.717) is 11.8 Å². The largest absolute Gasteiger partial charge is 0.358 e. The van der Waals surface area contributed by atoms with Crippen LogP contribution in [0.5, 0.6) is 0 Å². The maximum absolute atomic E-state index is 4.02. The molecular formula is C9H17W-3. The van der Waals surface area contributed by atoms with Crippen LogP contribution in [0.1, 0.15) is 25.7 Å². The monoisotopic (exact) mass is 309 g/mol. The van der Waals surface area contributed by atoms with Gasteiger partial charge >= 0.3 is 0 Å². The molecule has 0 amide bonds. The minimum absolute atomic E-state index is 0. The molecule has 1 saturated carbocycles. The Labute approximate surface area is 80.0 Å². The molecule has 0 spiro atoms. The van der Waals surface area contributed by atoms with Gasteiger partial charge in [0.2, 0.25) is 0 Å². The summed E-state index contributed by atoms with van der Waals surface area (Å²) in [6.07, 6.45) is 5.35. The molecule has 2 unspecified atom stereocenters. The van der Waals surface area contributed by atoms with Crippen molar-refractivity contribution in [3.63, 3.8) is 0 Å². The predicted octanol–water partition coefficient (Wildman–Crippen LogP) is 2.91. The summed E-state index contributed by atoms with van der Waals surface area (Å²) in [6.45, 7) is 8.03. The fourth-order valence-corrected chi connectivity index (χ4v) is 1.28. The predicted molar refractivity (Wildman–Crippen MR) is 42.6 cm³/mol. The average molecular weight is 309 g/mol. The molecule has 1 fully saturated rings. The van der Waals surface area contributed by atoms with Crippen LogP contribution >= 0.6 is 0 Å². The summed E-state index contributed by atoms with van der Waals surface area (Å²) < 4.78 is 0. The third-order valence-electron chi connectivity index (χ3n) is 2.07. The molecule has 0 N–H and O–H groups in total. The Balaban J connectivity index is 0. The normalized spacial score (nSPS) is 31.8. The molecule has 0 nitrogen and oxygen atoms in total.